The zero-order valence-electron chi connectivity index (χ0n) is 9.99. The maximum atomic E-state index is 12.1. The Labute approximate surface area is 103 Å². The summed E-state index contributed by atoms with van der Waals surface area (Å²) in [6, 6.07) is 0. The summed E-state index contributed by atoms with van der Waals surface area (Å²) >= 11 is 0. The van der Waals surface area contributed by atoms with Gasteiger partial charge in [-0.1, -0.05) is 0 Å². The number of rotatable bonds is 1. The zero-order valence-corrected chi connectivity index (χ0v) is 10.8. The molecule has 16 heavy (non-hydrogen) atoms. The molecule has 2 rings (SSSR count). The summed E-state index contributed by atoms with van der Waals surface area (Å²) in [6.45, 7) is 8.04. The van der Waals surface area contributed by atoms with Gasteiger partial charge in [0.05, 0.1) is 18.1 Å². The molecule has 5 heteroatoms. The minimum atomic E-state index is -0.181. The van der Waals surface area contributed by atoms with Crippen molar-refractivity contribution in [1.29, 1.82) is 0 Å². The molecule has 94 valence electrons. The van der Waals surface area contributed by atoms with Gasteiger partial charge < -0.3 is 15.0 Å². The van der Waals surface area contributed by atoms with Crippen LogP contribution in [0.2, 0.25) is 0 Å². The molecule has 0 saturated carbocycles. The van der Waals surface area contributed by atoms with E-state index in [1.807, 2.05) is 18.7 Å². The van der Waals surface area contributed by atoms with E-state index in [0.717, 1.165) is 32.6 Å². The molecular weight excluding hydrogens is 228 g/mol. The van der Waals surface area contributed by atoms with Gasteiger partial charge >= 0.3 is 0 Å². The number of hydrogen-bond donors (Lipinski definition) is 1. The van der Waals surface area contributed by atoms with E-state index in [4.69, 9.17) is 4.74 Å². The lowest BCUT2D eigenvalue weighted by atomic mass is 10.0. The third-order valence-electron chi connectivity index (χ3n) is 3.15. The van der Waals surface area contributed by atoms with Gasteiger partial charge in [0, 0.05) is 19.6 Å². The van der Waals surface area contributed by atoms with Gasteiger partial charge in [-0.05, 0) is 26.8 Å². The van der Waals surface area contributed by atoms with Gasteiger partial charge in [0.2, 0.25) is 5.91 Å². The van der Waals surface area contributed by atoms with Gasteiger partial charge in [-0.2, -0.15) is 0 Å². The lowest BCUT2D eigenvalue weighted by Crippen LogP contribution is -2.52. The average molecular weight is 249 g/mol. The Hall–Kier alpha value is -0.320. The number of carbonyl (C=O) groups excluding carboxylic acids is 1. The molecule has 0 radical (unpaired) electrons. The van der Waals surface area contributed by atoms with E-state index in [1.165, 1.54) is 0 Å². The largest absolute Gasteiger partial charge is 0.372 e. The maximum Gasteiger partial charge on any atom is 0.227 e. The van der Waals surface area contributed by atoms with Crippen LogP contribution in [-0.2, 0) is 9.53 Å². The third-order valence-corrected chi connectivity index (χ3v) is 3.15. The highest BCUT2D eigenvalue weighted by Gasteiger charge is 2.33. The molecule has 0 spiro atoms. The second kappa shape index (κ2) is 5.34. The molecule has 0 aromatic heterocycles. The summed E-state index contributed by atoms with van der Waals surface area (Å²) in [7, 11) is 0. The number of hydrogen-bond acceptors (Lipinski definition) is 3. The topological polar surface area (TPSA) is 41.6 Å². The second-order valence-corrected chi connectivity index (χ2v) is 5.06. The minimum Gasteiger partial charge on any atom is -0.372 e. The summed E-state index contributed by atoms with van der Waals surface area (Å²) in [5.74, 6) is 0.496. The van der Waals surface area contributed by atoms with E-state index in [-0.39, 0.29) is 23.9 Å². The monoisotopic (exact) mass is 248 g/mol. The van der Waals surface area contributed by atoms with Crippen molar-refractivity contribution in [1.82, 2.24) is 10.2 Å². The lowest BCUT2D eigenvalue weighted by Gasteiger charge is -2.39. The molecule has 2 aliphatic heterocycles. The third kappa shape index (κ3) is 3.09. The van der Waals surface area contributed by atoms with E-state index in [1.54, 1.807) is 0 Å². The molecule has 0 bridgehead atoms. The van der Waals surface area contributed by atoms with Crippen molar-refractivity contribution in [3.05, 3.63) is 0 Å². The Bertz CT molecular complexity index is 252. The van der Waals surface area contributed by atoms with Gasteiger partial charge in [0.25, 0.3) is 0 Å². The number of amides is 1. The predicted octanol–water partition coefficient (Wildman–Crippen LogP) is 0.655. The van der Waals surface area contributed by atoms with Gasteiger partial charge in [-0.25, -0.2) is 0 Å². The zero-order chi connectivity index (χ0) is 10.9. The van der Waals surface area contributed by atoms with Crippen molar-refractivity contribution >= 4 is 18.3 Å². The average Bonchev–Trinajstić information content (AvgIpc) is 2.67. The Morgan fingerprint density at radius 2 is 2.25 bits per heavy atom. The van der Waals surface area contributed by atoms with Crippen LogP contribution >= 0.6 is 12.4 Å². The van der Waals surface area contributed by atoms with E-state index < -0.39 is 0 Å². The molecule has 2 heterocycles. The summed E-state index contributed by atoms with van der Waals surface area (Å²) in [5, 5.41) is 3.23. The normalized spacial score (nSPS) is 28.6. The predicted molar refractivity (Wildman–Crippen MR) is 64.8 cm³/mol. The molecule has 0 aromatic rings. The van der Waals surface area contributed by atoms with Crippen LogP contribution in [0.15, 0.2) is 0 Å². The minimum absolute atomic E-state index is 0. The Morgan fingerprint density at radius 1 is 1.50 bits per heavy atom. The molecule has 2 saturated heterocycles. The lowest BCUT2D eigenvalue weighted by molar-refractivity contribution is -0.149. The highest BCUT2D eigenvalue weighted by Crippen LogP contribution is 2.20. The van der Waals surface area contributed by atoms with Crippen LogP contribution in [0.3, 0.4) is 0 Å². The SMILES string of the molecule is CC1(C)CN(C(=O)[C@@H]2CCNC2)CCO1.Cl. The molecule has 0 aromatic carbocycles. The number of nitrogens with zero attached hydrogens (tertiary/aromatic N) is 1. The molecule has 2 aliphatic rings. The van der Waals surface area contributed by atoms with Crippen LogP contribution in [0.25, 0.3) is 0 Å². The van der Waals surface area contributed by atoms with Gasteiger partial charge in [-0.15, -0.1) is 12.4 Å². The molecule has 2 fully saturated rings. The van der Waals surface area contributed by atoms with Crippen LogP contribution < -0.4 is 5.32 Å². The molecule has 1 amide bonds. The Balaban J connectivity index is 0.00000128. The van der Waals surface area contributed by atoms with Crippen LogP contribution in [0.4, 0.5) is 0 Å². The fourth-order valence-electron chi connectivity index (χ4n) is 2.33. The van der Waals surface area contributed by atoms with Crippen molar-refractivity contribution in [3.63, 3.8) is 0 Å². The number of halogens is 1. The first-order valence-electron chi connectivity index (χ1n) is 5.72. The summed E-state index contributed by atoms with van der Waals surface area (Å²) in [5.41, 5.74) is -0.181. The van der Waals surface area contributed by atoms with Crippen molar-refractivity contribution in [2.24, 2.45) is 5.92 Å². The first-order chi connectivity index (χ1) is 7.08. The van der Waals surface area contributed by atoms with Crippen molar-refractivity contribution < 1.29 is 9.53 Å². The van der Waals surface area contributed by atoms with Crippen molar-refractivity contribution in [2.45, 2.75) is 25.9 Å². The number of ether oxygens (including phenoxy) is 1. The standard InChI is InChI=1S/C11H20N2O2.ClH/c1-11(2)8-13(5-6-15-11)10(14)9-3-4-12-7-9;/h9,12H,3-8H2,1-2H3;1H/t9-;/m1./s1. The molecule has 1 N–H and O–H groups in total. The summed E-state index contributed by atoms with van der Waals surface area (Å²) < 4.78 is 5.60. The number of carbonyl (C=O) groups is 1. The molecule has 0 unspecified atom stereocenters. The number of morpholine rings is 1. The van der Waals surface area contributed by atoms with Crippen LogP contribution in [-0.4, -0.2) is 49.2 Å². The fourth-order valence-corrected chi connectivity index (χ4v) is 2.33. The first kappa shape index (κ1) is 13.7. The quantitative estimate of drug-likeness (QED) is 0.741. The Morgan fingerprint density at radius 3 is 2.81 bits per heavy atom. The van der Waals surface area contributed by atoms with Crippen LogP contribution in [0.5, 0.6) is 0 Å². The van der Waals surface area contributed by atoms with E-state index in [2.05, 4.69) is 5.32 Å². The van der Waals surface area contributed by atoms with Crippen molar-refractivity contribution in [3.8, 4) is 0 Å². The molecule has 4 nitrogen and oxygen atoms in total. The fraction of sp³-hybridized carbons (Fsp3) is 0.909. The second-order valence-electron chi connectivity index (χ2n) is 5.06. The van der Waals surface area contributed by atoms with E-state index in [0.29, 0.717) is 12.5 Å². The van der Waals surface area contributed by atoms with Crippen LogP contribution in [0, 0.1) is 5.92 Å². The van der Waals surface area contributed by atoms with Gasteiger partial charge in [0.15, 0.2) is 0 Å². The van der Waals surface area contributed by atoms with E-state index in [9.17, 15) is 4.79 Å². The van der Waals surface area contributed by atoms with Crippen LogP contribution in [0.1, 0.15) is 20.3 Å². The maximum absolute atomic E-state index is 12.1. The smallest absolute Gasteiger partial charge is 0.227 e. The van der Waals surface area contributed by atoms with E-state index >= 15 is 0 Å². The number of nitrogens with one attached hydrogen (secondary N) is 1. The summed E-state index contributed by atoms with van der Waals surface area (Å²) in [6.07, 6.45) is 0.983. The molecule has 1 atom stereocenters. The first-order valence-corrected chi connectivity index (χ1v) is 5.72. The Kier molecular flexibility index (Phi) is 4.59. The highest BCUT2D eigenvalue weighted by molar-refractivity contribution is 5.85. The molecular formula is C11H21ClN2O2. The van der Waals surface area contributed by atoms with Gasteiger partial charge in [-0.3, -0.25) is 4.79 Å². The van der Waals surface area contributed by atoms with Crippen molar-refractivity contribution in [2.75, 3.05) is 32.8 Å². The molecule has 0 aliphatic carbocycles. The highest BCUT2D eigenvalue weighted by atomic mass is 35.5. The van der Waals surface area contributed by atoms with Gasteiger partial charge in [0.1, 0.15) is 0 Å². The summed E-state index contributed by atoms with van der Waals surface area (Å²) in [4.78, 5) is 14.1.